The van der Waals surface area contributed by atoms with Gasteiger partial charge in [0, 0.05) is 17.5 Å². The van der Waals surface area contributed by atoms with Gasteiger partial charge in [-0.2, -0.15) is 5.26 Å². The van der Waals surface area contributed by atoms with E-state index in [0.717, 1.165) is 10.9 Å². The molecule has 3 aromatic rings. The number of nitriles is 1. The molecule has 0 radical (unpaired) electrons. The van der Waals surface area contributed by atoms with Crippen molar-refractivity contribution in [1.82, 2.24) is 9.55 Å². The smallest absolute Gasteiger partial charge is 0.194 e. The number of halogens is 1. The monoisotopic (exact) mass is 299 g/mol. The van der Waals surface area contributed by atoms with E-state index in [4.69, 9.17) is 16.9 Å². The molecule has 3 rings (SSSR count). The maximum absolute atomic E-state index is 9.66. The van der Waals surface area contributed by atoms with Gasteiger partial charge in [0.15, 0.2) is 11.8 Å². The number of benzene rings is 1. The number of pyridine rings is 1. The van der Waals surface area contributed by atoms with E-state index in [1.807, 2.05) is 12.1 Å². The summed E-state index contributed by atoms with van der Waals surface area (Å²) < 4.78 is 1.36. The Morgan fingerprint density at radius 3 is 2.52 bits per heavy atom. The van der Waals surface area contributed by atoms with E-state index >= 15 is 0 Å². The Morgan fingerprint density at radius 2 is 1.86 bits per heavy atom. The van der Waals surface area contributed by atoms with Gasteiger partial charge in [-0.3, -0.25) is 4.57 Å². The van der Waals surface area contributed by atoms with E-state index in [-0.39, 0.29) is 24.0 Å². The van der Waals surface area contributed by atoms with E-state index in [0.29, 0.717) is 10.5 Å². The van der Waals surface area contributed by atoms with Crippen molar-refractivity contribution in [2.75, 3.05) is 0 Å². The van der Waals surface area contributed by atoms with Crippen molar-refractivity contribution in [1.29, 1.82) is 5.26 Å². The molecule has 0 fully saturated rings. The average molecular weight is 300 g/mol. The molecule has 0 saturated carbocycles. The Hall–Kier alpha value is -2.71. The van der Waals surface area contributed by atoms with Crippen LogP contribution in [0.25, 0.3) is 10.9 Å². The number of aromatic hydroxyl groups is 2. The second-order valence-corrected chi connectivity index (χ2v) is 5.00. The van der Waals surface area contributed by atoms with Gasteiger partial charge in [-0.25, -0.2) is 4.98 Å². The minimum absolute atomic E-state index is 0.0237. The lowest BCUT2D eigenvalue weighted by molar-refractivity contribution is 0.377. The summed E-state index contributed by atoms with van der Waals surface area (Å²) in [6, 6.07) is 11.7. The first-order chi connectivity index (χ1) is 10.1. The fourth-order valence-corrected chi connectivity index (χ4v) is 2.44. The minimum atomic E-state index is -0.0237. The second kappa shape index (κ2) is 5.00. The zero-order valence-electron chi connectivity index (χ0n) is 10.8. The van der Waals surface area contributed by atoms with Gasteiger partial charge in [-0.05, 0) is 17.7 Å². The van der Waals surface area contributed by atoms with Crippen molar-refractivity contribution in [2.24, 2.45) is 0 Å². The van der Waals surface area contributed by atoms with Gasteiger partial charge in [0.05, 0.1) is 17.1 Å². The highest BCUT2D eigenvalue weighted by molar-refractivity contribution is 6.35. The molecule has 0 saturated heterocycles. The topological polar surface area (TPSA) is 82.1 Å². The van der Waals surface area contributed by atoms with Gasteiger partial charge in [0.2, 0.25) is 0 Å². The molecule has 2 heterocycles. The summed E-state index contributed by atoms with van der Waals surface area (Å²) in [5.41, 5.74) is 1.67. The summed E-state index contributed by atoms with van der Waals surface area (Å²) in [6.07, 6.45) is 0. The van der Waals surface area contributed by atoms with Crippen molar-refractivity contribution < 1.29 is 10.2 Å². The molecule has 0 aliphatic rings. The predicted octanol–water partition coefficient (Wildman–Crippen LogP) is 3.02. The van der Waals surface area contributed by atoms with Gasteiger partial charge in [0.1, 0.15) is 11.8 Å². The first-order valence-corrected chi connectivity index (χ1v) is 6.53. The maximum atomic E-state index is 9.66. The third-order valence-corrected chi connectivity index (χ3v) is 3.53. The molecule has 6 heteroatoms. The van der Waals surface area contributed by atoms with Crippen LogP contribution in [0, 0.1) is 11.3 Å². The summed E-state index contributed by atoms with van der Waals surface area (Å²) in [5.74, 6) is -0.0475. The molecule has 21 heavy (non-hydrogen) atoms. The third-order valence-electron chi connectivity index (χ3n) is 3.21. The lowest BCUT2D eigenvalue weighted by Gasteiger charge is -2.08. The molecule has 0 bridgehead atoms. The number of rotatable bonds is 2. The lowest BCUT2D eigenvalue weighted by atomic mass is 10.1. The highest BCUT2D eigenvalue weighted by atomic mass is 35.5. The summed E-state index contributed by atoms with van der Waals surface area (Å²) in [4.78, 5) is 4.21. The van der Waals surface area contributed by atoms with E-state index < -0.39 is 0 Å². The Bertz CT molecular complexity index is 861. The summed E-state index contributed by atoms with van der Waals surface area (Å²) >= 11 is 6.11. The highest BCUT2D eigenvalue weighted by Crippen LogP contribution is 2.26. The highest BCUT2D eigenvalue weighted by Gasteiger charge is 2.09. The zero-order chi connectivity index (χ0) is 15.0. The molecular weight excluding hydrogens is 290 g/mol. The van der Waals surface area contributed by atoms with Gasteiger partial charge in [-0.15, -0.1) is 0 Å². The van der Waals surface area contributed by atoms with Crippen molar-refractivity contribution in [3.8, 4) is 17.8 Å². The Morgan fingerprint density at radius 1 is 1.14 bits per heavy atom. The number of nitrogens with zero attached hydrogens (tertiary/aromatic N) is 3. The molecular formula is C15H10ClN3O2. The number of hydrogen-bond acceptors (Lipinski definition) is 4. The average Bonchev–Trinajstić information content (AvgIpc) is 2.78. The third kappa shape index (κ3) is 2.37. The number of fused-ring (bicyclic) bond motifs is 1. The quantitative estimate of drug-likeness (QED) is 0.762. The van der Waals surface area contributed by atoms with Crippen molar-refractivity contribution >= 4 is 22.5 Å². The number of aromatic nitrogens is 2. The number of hydrogen-bond donors (Lipinski definition) is 2. The van der Waals surface area contributed by atoms with Crippen LogP contribution in [0.3, 0.4) is 0 Å². The van der Waals surface area contributed by atoms with Gasteiger partial charge in [0.25, 0.3) is 0 Å². The Kier molecular flexibility index (Phi) is 3.16. The molecule has 0 spiro atoms. The van der Waals surface area contributed by atoms with E-state index in [2.05, 4.69) is 4.98 Å². The van der Waals surface area contributed by atoms with E-state index in [9.17, 15) is 10.2 Å². The first kappa shape index (κ1) is 13.3. The Labute approximate surface area is 125 Å². The predicted molar refractivity (Wildman–Crippen MR) is 78.3 cm³/mol. The van der Waals surface area contributed by atoms with Crippen LogP contribution in [0.2, 0.25) is 5.02 Å². The zero-order valence-corrected chi connectivity index (χ0v) is 11.5. The standard InChI is InChI=1S/C15H10ClN3O2/c16-12-6-10(7-17)18-13-5-9(1-2-11(12)13)8-19-14(20)3-4-15(19)21/h1-6,20-21H,8H2. The largest absolute Gasteiger partial charge is 0.494 e. The van der Waals surface area contributed by atoms with Crippen molar-refractivity contribution in [2.45, 2.75) is 6.54 Å². The molecule has 1 aromatic carbocycles. The van der Waals surface area contributed by atoms with Crippen LogP contribution in [0.1, 0.15) is 11.3 Å². The van der Waals surface area contributed by atoms with Gasteiger partial charge in [-0.1, -0.05) is 23.7 Å². The lowest BCUT2D eigenvalue weighted by Crippen LogP contribution is -1.99. The van der Waals surface area contributed by atoms with Crippen LogP contribution >= 0.6 is 11.6 Å². The van der Waals surface area contributed by atoms with Crippen molar-refractivity contribution in [3.05, 3.63) is 52.7 Å². The van der Waals surface area contributed by atoms with E-state index in [1.165, 1.54) is 22.8 Å². The normalized spacial score (nSPS) is 10.7. The molecule has 0 aliphatic heterocycles. The second-order valence-electron chi connectivity index (χ2n) is 4.59. The first-order valence-electron chi connectivity index (χ1n) is 6.15. The molecule has 2 N–H and O–H groups in total. The molecule has 0 unspecified atom stereocenters. The molecule has 104 valence electrons. The summed E-state index contributed by atoms with van der Waals surface area (Å²) in [7, 11) is 0. The summed E-state index contributed by atoms with van der Waals surface area (Å²) in [6.45, 7) is 0.288. The van der Waals surface area contributed by atoms with E-state index in [1.54, 1.807) is 12.1 Å². The van der Waals surface area contributed by atoms with Crippen LogP contribution in [0.15, 0.2) is 36.4 Å². The molecule has 0 atom stereocenters. The van der Waals surface area contributed by atoms with Crippen LogP contribution in [-0.2, 0) is 6.54 Å². The van der Waals surface area contributed by atoms with Crippen LogP contribution in [-0.4, -0.2) is 19.8 Å². The van der Waals surface area contributed by atoms with Gasteiger partial charge >= 0.3 is 0 Å². The maximum Gasteiger partial charge on any atom is 0.194 e. The van der Waals surface area contributed by atoms with Crippen LogP contribution < -0.4 is 0 Å². The van der Waals surface area contributed by atoms with Crippen LogP contribution in [0.4, 0.5) is 0 Å². The fourth-order valence-electron chi connectivity index (χ4n) is 2.18. The van der Waals surface area contributed by atoms with Crippen molar-refractivity contribution in [3.63, 3.8) is 0 Å². The summed E-state index contributed by atoms with van der Waals surface area (Å²) in [5, 5.41) is 29.5. The SMILES string of the molecule is N#Cc1cc(Cl)c2ccc(Cn3c(O)ccc3O)cc2n1. The Balaban J connectivity index is 2.07. The molecule has 0 amide bonds. The molecule has 0 aliphatic carbocycles. The fraction of sp³-hybridized carbons (Fsp3) is 0.0667. The minimum Gasteiger partial charge on any atom is -0.494 e. The van der Waals surface area contributed by atoms with Crippen LogP contribution in [0.5, 0.6) is 11.8 Å². The van der Waals surface area contributed by atoms with Gasteiger partial charge < -0.3 is 10.2 Å². The molecule has 2 aromatic heterocycles. The molecule has 5 nitrogen and oxygen atoms in total.